The third kappa shape index (κ3) is 21.8. The third-order valence-electron chi connectivity index (χ3n) is 9.48. The molecule has 0 unspecified atom stereocenters. The van der Waals surface area contributed by atoms with Crippen molar-refractivity contribution in [1.82, 2.24) is 0 Å². The van der Waals surface area contributed by atoms with Gasteiger partial charge in [0.25, 0.3) is 0 Å². The number of rotatable bonds is 20. The van der Waals surface area contributed by atoms with Crippen molar-refractivity contribution in [3.63, 3.8) is 0 Å². The normalized spacial score (nSPS) is 12.9. The molecule has 0 saturated heterocycles. The second kappa shape index (κ2) is 23.3. The molecule has 2 aromatic rings. The van der Waals surface area contributed by atoms with Crippen LogP contribution in [0.25, 0.3) is 0 Å². The first-order chi connectivity index (χ1) is 24.2. The third-order valence-corrected chi connectivity index (χ3v) is 32.0. The lowest BCUT2D eigenvalue weighted by atomic mass is 10.2. The van der Waals surface area contributed by atoms with Crippen molar-refractivity contribution in [3.8, 4) is 0 Å². The van der Waals surface area contributed by atoms with E-state index in [0.717, 1.165) is 74.4 Å². The molecule has 9 nitrogen and oxygen atoms in total. The highest BCUT2D eigenvalue weighted by molar-refractivity contribution is 6.97. The zero-order valence-corrected chi connectivity index (χ0v) is 42.6. The molecule has 0 saturated carbocycles. The Balaban J connectivity index is 0.000000799. The molecule has 308 valence electrons. The number of nitrogen functional groups attached to an aromatic ring is 2. The van der Waals surface area contributed by atoms with Crippen LogP contribution in [0.3, 0.4) is 0 Å². The maximum atomic E-state index is 6.78. The smallest absolute Gasteiger partial charge is 0.206 e. The maximum absolute atomic E-state index is 6.78. The highest BCUT2D eigenvalue weighted by atomic mass is 28.4. The van der Waals surface area contributed by atoms with Crippen LogP contribution in [0.2, 0.25) is 103 Å². The molecule has 0 aliphatic heterocycles. The summed E-state index contributed by atoms with van der Waals surface area (Å²) in [7, 11) is -9.89. The Bertz CT molecular complexity index is 1210. The van der Waals surface area contributed by atoms with Crippen molar-refractivity contribution in [3.05, 3.63) is 47.5 Å². The van der Waals surface area contributed by atoms with Gasteiger partial charge in [-0.3, -0.25) is 0 Å². The van der Waals surface area contributed by atoms with E-state index in [4.69, 9.17) is 46.7 Å². The second-order valence-corrected chi connectivity index (χ2v) is 43.8. The van der Waals surface area contributed by atoms with Gasteiger partial charge >= 0.3 is 0 Å². The van der Waals surface area contributed by atoms with Gasteiger partial charge in [0.1, 0.15) is 0 Å². The van der Waals surface area contributed by atoms with Crippen molar-refractivity contribution in [2.75, 3.05) is 37.6 Å². The predicted molar refractivity (Wildman–Crippen MR) is 253 cm³/mol. The highest BCUT2D eigenvalue weighted by Crippen LogP contribution is 2.25. The molecular formula is C38H84N6O3Si6. The molecule has 0 heterocycles. The minimum atomic E-state index is -2.01. The first-order valence-electron chi connectivity index (χ1n) is 19.8. The molecule has 12 N–H and O–H groups in total. The Morgan fingerprint density at radius 2 is 0.660 bits per heavy atom. The molecule has 0 atom stereocenters. The lowest BCUT2D eigenvalue weighted by molar-refractivity contribution is 0.530. The first kappa shape index (κ1) is 52.1. The zero-order valence-electron chi connectivity index (χ0n) is 36.6. The molecule has 0 spiro atoms. The van der Waals surface area contributed by atoms with E-state index in [1.54, 1.807) is 0 Å². The molecule has 15 heteroatoms. The fourth-order valence-electron chi connectivity index (χ4n) is 6.67. The maximum Gasteiger partial charge on any atom is 0.206 e. The summed E-state index contributed by atoms with van der Waals surface area (Å²) < 4.78 is 19.6. The molecule has 0 aliphatic carbocycles. The van der Waals surface area contributed by atoms with E-state index in [9.17, 15) is 0 Å². The van der Waals surface area contributed by atoms with Crippen molar-refractivity contribution in [1.29, 1.82) is 0 Å². The van der Waals surface area contributed by atoms with Gasteiger partial charge in [0.2, 0.25) is 16.6 Å². The van der Waals surface area contributed by atoms with Gasteiger partial charge in [-0.2, -0.15) is 0 Å². The first-order valence-corrected chi connectivity index (χ1v) is 38.1. The summed E-state index contributed by atoms with van der Waals surface area (Å²) >= 11 is 0. The largest absolute Gasteiger partial charge is 0.455 e. The Morgan fingerprint density at radius 3 is 0.868 bits per heavy atom. The fourth-order valence-corrected chi connectivity index (χ4v) is 32.6. The van der Waals surface area contributed by atoms with Crippen molar-refractivity contribution >= 4 is 71.7 Å². The summed E-state index contributed by atoms with van der Waals surface area (Å²) in [5, 5.41) is 2.58. The molecule has 0 radical (unpaired) electrons. The summed E-state index contributed by atoms with van der Waals surface area (Å²) in [5.74, 6) is 0. The minimum Gasteiger partial charge on any atom is -0.455 e. The Labute approximate surface area is 332 Å². The van der Waals surface area contributed by atoms with Crippen LogP contribution in [0, 0.1) is 13.8 Å². The summed E-state index contributed by atoms with van der Waals surface area (Å²) in [5.41, 5.74) is 38.0. The Hall–Kier alpha value is -0.939. The summed E-state index contributed by atoms with van der Waals surface area (Å²) in [6.07, 6.45) is 4.39. The van der Waals surface area contributed by atoms with Crippen LogP contribution in [0.15, 0.2) is 36.4 Å². The van der Waals surface area contributed by atoms with Gasteiger partial charge in [0.15, 0.2) is 33.3 Å². The molecule has 2 aromatic carbocycles. The number of hydrogen-bond donors (Lipinski definition) is 6. The quantitative estimate of drug-likeness (QED) is 0.0592. The number of nitrogens with two attached hydrogens (primary N) is 6. The fraction of sp³-hybridized carbons (Fsp3) is 0.684. The average molecular weight is 842 g/mol. The van der Waals surface area contributed by atoms with Gasteiger partial charge in [0, 0.05) is 11.4 Å². The molecule has 0 amide bonds. The van der Waals surface area contributed by atoms with Crippen LogP contribution in [0.1, 0.15) is 36.8 Å². The number of aryl methyl sites for hydroxylation is 2. The van der Waals surface area contributed by atoms with E-state index in [0.29, 0.717) is 0 Å². The van der Waals surface area contributed by atoms with Crippen LogP contribution in [-0.4, -0.2) is 76.1 Å². The van der Waals surface area contributed by atoms with Crippen LogP contribution in [-0.2, 0) is 12.3 Å². The lowest BCUT2D eigenvalue weighted by Gasteiger charge is -2.35. The molecule has 0 aromatic heterocycles. The van der Waals surface area contributed by atoms with Crippen molar-refractivity contribution in [2.45, 2.75) is 142 Å². The van der Waals surface area contributed by atoms with E-state index in [1.807, 2.05) is 12.1 Å². The topological polar surface area (TPSA) is 184 Å². The van der Waals surface area contributed by atoms with Crippen molar-refractivity contribution < 1.29 is 12.3 Å². The van der Waals surface area contributed by atoms with Gasteiger partial charge in [-0.1, -0.05) is 24.3 Å². The van der Waals surface area contributed by atoms with Gasteiger partial charge in [0.05, 0.1) is 0 Å². The number of anilines is 2. The molecule has 0 bridgehead atoms. The number of benzene rings is 2. The molecule has 53 heavy (non-hydrogen) atoms. The Kier molecular flexibility index (Phi) is 22.9. The molecule has 0 aliphatic rings. The van der Waals surface area contributed by atoms with E-state index in [-0.39, 0.29) is 0 Å². The van der Waals surface area contributed by atoms with E-state index < -0.39 is 49.9 Å². The molecule has 0 fully saturated rings. The molecular weight excluding hydrogens is 757 g/mol. The van der Waals surface area contributed by atoms with Gasteiger partial charge in [-0.15, -0.1) is 0 Å². The van der Waals surface area contributed by atoms with Gasteiger partial charge < -0.3 is 46.7 Å². The second-order valence-electron chi connectivity index (χ2n) is 18.1. The summed E-state index contributed by atoms with van der Waals surface area (Å²) in [6, 6.07) is 17.3. The van der Waals surface area contributed by atoms with E-state index >= 15 is 0 Å². The predicted octanol–water partition coefficient (Wildman–Crippen LogP) is 7.23. The van der Waals surface area contributed by atoms with Crippen LogP contribution >= 0.6 is 0 Å². The minimum absolute atomic E-state index is 0.782. The zero-order chi connectivity index (χ0) is 41.3. The lowest BCUT2D eigenvalue weighted by Crippen LogP contribution is -2.57. The highest BCUT2D eigenvalue weighted by Gasteiger charge is 2.36. The number of hydrogen-bond acceptors (Lipinski definition) is 9. The van der Waals surface area contributed by atoms with Crippen LogP contribution < -0.4 is 44.8 Å². The average Bonchev–Trinajstić information content (AvgIpc) is 3.02. The van der Waals surface area contributed by atoms with Crippen LogP contribution in [0.4, 0.5) is 11.4 Å². The summed E-state index contributed by atoms with van der Waals surface area (Å²) in [6.45, 7) is 34.7. The monoisotopic (exact) mass is 841 g/mol. The van der Waals surface area contributed by atoms with Crippen LogP contribution in [0.5, 0.6) is 0 Å². The molecule has 2 rings (SSSR count). The Morgan fingerprint density at radius 1 is 0.415 bits per heavy atom. The standard InChI is InChI=1S/C18H28N2OSi2.2C10H28N2OSi2/c1-13-11-15(7-9-17(13)19)22(3,4)21-23(5,6)16-8-10-18(20)14(2)12-16;2*1-14(2,9-5-7-11)13-15(3,4)10-6-8-12/h7-12H,19-20H2,1-6H3;2*5-12H2,1-4H3. The van der Waals surface area contributed by atoms with E-state index in [2.05, 4.69) is 117 Å². The van der Waals surface area contributed by atoms with Gasteiger partial charge in [-0.25, -0.2) is 0 Å². The van der Waals surface area contributed by atoms with Crippen molar-refractivity contribution in [2.24, 2.45) is 22.9 Å². The summed E-state index contributed by atoms with van der Waals surface area (Å²) in [4.78, 5) is 0. The van der Waals surface area contributed by atoms with E-state index in [1.165, 1.54) is 34.5 Å². The van der Waals surface area contributed by atoms with Gasteiger partial charge in [-0.05, 0) is 202 Å². The SMILES string of the molecule is C[Si](C)(CCCN)O[Si](C)(C)CCCN.C[Si](C)(CCCN)O[Si](C)(C)CCCN.Cc1cc([Si](C)(C)O[Si](C)(C)c2ccc(N)c(C)c2)ccc1N.